The van der Waals surface area contributed by atoms with Gasteiger partial charge in [0.2, 0.25) is 0 Å². The Balaban J connectivity index is 1.97. The van der Waals surface area contributed by atoms with Gasteiger partial charge in [-0.2, -0.15) is 0 Å². The van der Waals surface area contributed by atoms with Gasteiger partial charge in [0, 0.05) is 25.7 Å². The summed E-state index contributed by atoms with van der Waals surface area (Å²) in [5, 5.41) is 3.78. The fourth-order valence-electron chi connectivity index (χ4n) is 4.95. The summed E-state index contributed by atoms with van der Waals surface area (Å²) in [5.41, 5.74) is 0. The molecule has 6 unspecified atom stereocenters. The van der Waals surface area contributed by atoms with Crippen LogP contribution in [0, 0.1) is 29.6 Å². The molecular weight excluding hydrogens is 244 g/mol. The van der Waals surface area contributed by atoms with Crippen molar-refractivity contribution in [1.82, 2.24) is 10.2 Å². The van der Waals surface area contributed by atoms with E-state index in [0.717, 1.165) is 42.2 Å². The Labute approximate surface area is 126 Å². The van der Waals surface area contributed by atoms with Crippen LogP contribution in [0.25, 0.3) is 0 Å². The summed E-state index contributed by atoms with van der Waals surface area (Å²) in [7, 11) is 0. The first-order chi connectivity index (χ1) is 9.49. The van der Waals surface area contributed by atoms with Crippen molar-refractivity contribution in [3.8, 4) is 0 Å². The predicted octanol–water partition coefficient (Wildman–Crippen LogP) is 3.62. The summed E-state index contributed by atoms with van der Waals surface area (Å²) in [4.78, 5) is 2.76. The lowest BCUT2D eigenvalue weighted by Crippen LogP contribution is -2.51. The molecule has 2 rings (SSSR count). The highest BCUT2D eigenvalue weighted by atomic mass is 15.1. The van der Waals surface area contributed by atoms with Crippen LogP contribution in [0.1, 0.15) is 53.9 Å². The molecule has 2 fully saturated rings. The van der Waals surface area contributed by atoms with E-state index >= 15 is 0 Å². The van der Waals surface area contributed by atoms with E-state index in [0.29, 0.717) is 0 Å². The molecule has 0 bridgehead atoms. The fourth-order valence-corrected chi connectivity index (χ4v) is 4.95. The van der Waals surface area contributed by atoms with E-state index in [1.54, 1.807) is 0 Å². The summed E-state index contributed by atoms with van der Waals surface area (Å²) >= 11 is 0. The monoisotopic (exact) mass is 280 g/mol. The zero-order valence-electron chi connectivity index (χ0n) is 14.4. The van der Waals surface area contributed by atoms with Crippen LogP contribution in [-0.4, -0.2) is 37.1 Å². The van der Waals surface area contributed by atoms with Gasteiger partial charge in [-0.3, -0.25) is 0 Å². The Bertz CT molecular complexity index is 281. The number of nitrogens with one attached hydrogen (secondary N) is 1. The Morgan fingerprint density at radius 2 is 1.55 bits per heavy atom. The molecule has 0 radical (unpaired) electrons. The minimum atomic E-state index is 0.742. The lowest BCUT2D eigenvalue weighted by atomic mass is 9.72. The number of hydrogen-bond donors (Lipinski definition) is 1. The van der Waals surface area contributed by atoms with E-state index in [-0.39, 0.29) is 0 Å². The summed E-state index contributed by atoms with van der Waals surface area (Å²) < 4.78 is 0. The molecule has 1 aliphatic carbocycles. The highest BCUT2D eigenvalue weighted by Gasteiger charge is 2.35. The van der Waals surface area contributed by atoms with Crippen LogP contribution in [-0.2, 0) is 0 Å². The van der Waals surface area contributed by atoms with Gasteiger partial charge in [-0.15, -0.1) is 0 Å². The summed E-state index contributed by atoms with van der Waals surface area (Å²) in [5.74, 6) is 4.38. The van der Waals surface area contributed by atoms with Crippen LogP contribution >= 0.6 is 0 Å². The highest BCUT2D eigenvalue weighted by molar-refractivity contribution is 4.90. The molecule has 1 aliphatic heterocycles. The van der Waals surface area contributed by atoms with Gasteiger partial charge in [-0.05, 0) is 55.4 Å². The SMILES string of the molecule is CCNC1CC(C)CC(C)C1CN1CC(C)CC(C)C1. The Kier molecular flexibility index (Phi) is 5.92. The third-order valence-corrected chi connectivity index (χ3v) is 5.56. The second-order valence-corrected chi connectivity index (χ2v) is 8.05. The highest BCUT2D eigenvalue weighted by Crippen LogP contribution is 2.35. The third kappa shape index (κ3) is 4.21. The standard InChI is InChI=1S/C18H36N2/c1-6-19-18-9-13(2)8-16(5)17(18)12-20-10-14(3)7-15(4)11-20/h13-19H,6-12H2,1-5H3. The van der Waals surface area contributed by atoms with Gasteiger partial charge in [-0.1, -0.05) is 34.6 Å². The smallest absolute Gasteiger partial charge is 0.0112 e. The van der Waals surface area contributed by atoms with Gasteiger partial charge < -0.3 is 10.2 Å². The minimum Gasteiger partial charge on any atom is -0.314 e. The fraction of sp³-hybridized carbons (Fsp3) is 1.00. The van der Waals surface area contributed by atoms with Crippen molar-refractivity contribution in [3.05, 3.63) is 0 Å². The van der Waals surface area contributed by atoms with Gasteiger partial charge in [0.05, 0.1) is 0 Å². The average molecular weight is 280 g/mol. The average Bonchev–Trinajstić information content (AvgIpc) is 2.32. The van der Waals surface area contributed by atoms with E-state index in [2.05, 4.69) is 44.8 Å². The molecule has 6 atom stereocenters. The molecule has 20 heavy (non-hydrogen) atoms. The lowest BCUT2D eigenvalue weighted by Gasteiger charge is -2.44. The number of piperidine rings is 1. The lowest BCUT2D eigenvalue weighted by molar-refractivity contribution is 0.0658. The van der Waals surface area contributed by atoms with Crippen molar-refractivity contribution in [2.24, 2.45) is 29.6 Å². The zero-order valence-corrected chi connectivity index (χ0v) is 14.4. The van der Waals surface area contributed by atoms with Crippen molar-refractivity contribution in [2.75, 3.05) is 26.2 Å². The minimum absolute atomic E-state index is 0.742. The zero-order chi connectivity index (χ0) is 14.7. The number of likely N-dealkylation sites (tertiary alicyclic amines) is 1. The molecule has 1 saturated carbocycles. The van der Waals surface area contributed by atoms with E-state index in [4.69, 9.17) is 0 Å². The summed E-state index contributed by atoms with van der Waals surface area (Å²) in [6.45, 7) is 17.1. The molecule has 0 aromatic rings. The van der Waals surface area contributed by atoms with Crippen LogP contribution in [0.5, 0.6) is 0 Å². The molecule has 0 amide bonds. The molecule has 1 saturated heterocycles. The molecule has 1 N–H and O–H groups in total. The van der Waals surface area contributed by atoms with Crippen LogP contribution in [0.15, 0.2) is 0 Å². The molecule has 2 aliphatic rings. The Hall–Kier alpha value is -0.0800. The van der Waals surface area contributed by atoms with Crippen molar-refractivity contribution >= 4 is 0 Å². The van der Waals surface area contributed by atoms with Crippen LogP contribution in [0.4, 0.5) is 0 Å². The van der Waals surface area contributed by atoms with Crippen LogP contribution in [0.2, 0.25) is 0 Å². The second kappa shape index (κ2) is 7.26. The van der Waals surface area contributed by atoms with Crippen LogP contribution in [0.3, 0.4) is 0 Å². The Morgan fingerprint density at radius 1 is 0.900 bits per heavy atom. The largest absolute Gasteiger partial charge is 0.314 e. The first-order valence-electron chi connectivity index (χ1n) is 8.95. The number of hydrogen-bond acceptors (Lipinski definition) is 2. The van der Waals surface area contributed by atoms with Crippen molar-refractivity contribution in [3.63, 3.8) is 0 Å². The van der Waals surface area contributed by atoms with Gasteiger partial charge >= 0.3 is 0 Å². The van der Waals surface area contributed by atoms with E-state index < -0.39 is 0 Å². The van der Waals surface area contributed by atoms with Gasteiger partial charge in [-0.25, -0.2) is 0 Å². The molecule has 0 spiro atoms. The third-order valence-electron chi connectivity index (χ3n) is 5.56. The predicted molar refractivity (Wildman–Crippen MR) is 87.9 cm³/mol. The first kappa shape index (κ1) is 16.3. The Morgan fingerprint density at radius 3 is 2.15 bits per heavy atom. The maximum atomic E-state index is 3.78. The molecule has 1 heterocycles. The molecular formula is C18H36N2. The summed E-state index contributed by atoms with van der Waals surface area (Å²) in [6, 6.07) is 0.742. The van der Waals surface area contributed by atoms with E-state index in [1.165, 1.54) is 38.9 Å². The van der Waals surface area contributed by atoms with Crippen molar-refractivity contribution in [2.45, 2.75) is 59.9 Å². The molecule has 2 heteroatoms. The molecule has 118 valence electrons. The van der Waals surface area contributed by atoms with Gasteiger partial charge in [0.1, 0.15) is 0 Å². The number of nitrogens with zero attached hydrogens (tertiary/aromatic N) is 1. The van der Waals surface area contributed by atoms with Crippen molar-refractivity contribution in [1.29, 1.82) is 0 Å². The van der Waals surface area contributed by atoms with E-state index in [1.807, 2.05) is 0 Å². The summed E-state index contributed by atoms with van der Waals surface area (Å²) in [6.07, 6.45) is 4.22. The quantitative estimate of drug-likeness (QED) is 0.846. The number of rotatable bonds is 4. The first-order valence-corrected chi connectivity index (χ1v) is 8.95. The normalized spacial score (nSPS) is 43.6. The van der Waals surface area contributed by atoms with Gasteiger partial charge in [0.15, 0.2) is 0 Å². The van der Waals surface area contributed by atoms with E-state index in [9.17, 15) is 0 Å². The maximum Gasteiger partial charge on any atom is 0.0112 e. The van der Waals surface area contributed by atoms with Gasteiger partial charge in [0.25, 0.3) is 0 Å². The molecule has 0 aromatic carbocycles. The maximum absolute atomic E-state index is 3.78. The molecule has 0 aromatic heterocycles. The van der Waals surface area contributed by atoms with Crippen LogP contribution < -0.4 is 5.32 Å². The second-order valence-electron chi connectivity index (χ2n) is 8.05. The topological polar surface area (TPSA) is 15.3 Å². The molecule has 2 nitrogen and oxygen atoms in total. The van der Waals surface area contributed by atoms with Crippen molar-refractivity contribution < 1.29 is 0 Å².